The summed E-state index contributed by atoms with van der Waals surface area (Å²) in [5, 5.41) is 8.95. The molecule has 10 heteroatoms. The Bertz CT molecular complexity index is 1530. The molecule has 3 aromatic heterocycles. The van der Waals surface area contributed by atoms with Gasteiger partial charge in [-0.25, -0.2) is 18.7 Å². The van der Waals surface area contributed by atoms with Gasteiger partial charge in [0.2, 0.25) is 0 Å². The van der Waals surface area contributed by atoms with Crippen molar-refractivity contribution >= 4 is 34.0 Å². The molecule has 182 valence electrons. The highest BCUT2D eigenvalue weighted by molar-refractivity contribution is 6.33. The average Bonchev–Trinajstić information content (AvgIpc) is 3.23. The van der Waals surface area contributed by atoms with Crippen molar-refractivity contribution in [3.8, 4) is 17.3 Å². The van der Waals surface area contributed by atoms with Gasteiger partial charge in [0.1, 0.15) is 28.1 Å². The Kier molecular flexibility index (Phi) is 6.47. The second kappa shape index (κ2) is 9.87. The van der Waals surface area contributed by atoms with Gasteiger partial charge < -0.3 is 10.1 Å². The van der Waals surface area contributed by atoms with Crippen molar-refractivity contribution in [1.29, 1.82) is 0 Å². The van der Waals surface area contributed by atoms with Crippen molar-refractivity contribution in [2.45, 2.75) is 20.4 Å². The third kappa shape index (κ3) is 4.57. The molecule has 0 radical (unpaired) electrons. The molecule has 0 saturated heterocycles. The van der Waals surface area contributed by atoms with E-state index in [-0.39, 0.29) is 17.9 Å². The molecule has 0 aliphatic carbocycles. The van der Waals surface area contributed by atoms with Gasteiger partial charge in [0.15, 0.2) is 11.6 Å². The minimum absolute atomic E-state index is 0.119. The topological polar surface area (TPSA) is 77.8 Å². The molecule has 0 unspecified atom stereocenters. The number of aromatic nitrogens is 5. The van der Waals surface area contributed by atoms with Crippen LogP contribution in [0.1, 0.15) is 18.2 Å². The third-order valence-corrected chi connectivity index (χ3v) is 6.02. The lowest BCUT2D eigenvalue weighted by atomic mass is 10.1. The van der Waals surface area contributed by atoms with Crippen LogP contribution < -0.4 is 10.1 Å². The maximum absolute atomic E-state index is 14.8. The maximum atomic E-state index is 14.8. The van der Waals surface area contributed by atoms with E-state index in [9.17, 15) is 8.78 Å². The van der Waals surface area contributed by atoms with Gasteiger partial charge in [0.25, 0.3) is 0 Å². The summed E-state index contributed by atoms with van der Waals surface area (Å²) in [5.41, 5.74) is 2.34. The first kappa shape index (κ1) is 23.6. The third-order valence-electron chi connectivity index (χ3n) is 5.56. The number of pyridine rings is 1. The molecular weight excluding hydrogens is 486 g/mol. The van der Waals surface area contributed by atoms with Crippen LogP contribution in [0, 0.1) is 18.6 Å². The molecule has 0 bridgehead atoms. The van der Waals surface area contributed by atoms with Gasteiger partial charge in [0, 0.05) is 41.2 Å². The van der Waals surface area contributed by atoms with E-state index in [4.69, 9.17) is 16.3 Å². The molecule has 0 aliphatic rings. The summed E-state index contributed by atoms with van der Waals surface area (Å²) in [6.45, 7) is 3.71. The second-order valence-electron chi connectivity index (χ2n) is 7.98. The van der Waals surface area contributed by atoms with E-state index in [2.05, 4.69) is 25.4 Å². The Hall–Kier alpha value is -4.11. The zero-order chi connectivity index (χ0) is 25.2. The van der Waals surface area contributed by atoms with Crippen LogP contribution in [0.25, 0.3) is 22.4 Å². The number of fused-ring (bicyclic) bond motifs is 1. The van der Waals surface area contributed by atoms with Gasteiger partial charge >= 0.3 is 0 Å². The Morgan fingerprint density at radius 3 is 2.47 bits per heavy atom. The highest BCUT2D eigenvalue weighted by Crippen LogP contribution is 2.32. The summed E-state index contributed by atoms with van der Waals surface area (Å²) in [5.74, 6) is -0.533. The first-order valence-electron chi connectivity index (χ1n) is 11.2. The highest BCUT2D eigenvalue weighted by Gasteiger charge is 2.20. The lowest BCUT2D eigenvalue weighted by Crippen LogP contribution is -2.07. The molecule has 5 aromatic rings. The number of rotatable bonds is 7. The summed E-state index contributed by atoms with van der Waals surface area (Å²) >= 11 is 6.48. The van der Waals surface area contributed by atoms with Crippen LogP contribution in [0.15, 0.2) is 60.9 Å². The number of anilines is 2. The fourth-order valence-corrected chi connectivity index (χ4v) is 4.00. The molecule has 0 amide bonds. The number of ether oxygens (including phenoxy) is 1. The van der Waals surface area contributed by atoms with Crippen molar-refractivity contribution in [2.24, 2.45) is 0 Å². The smallest absolute Gasteiger partial charge is 0.183 e. The lowest BCUT2D eigenvalue weighted by molar-refractivity contribution is 0.335. The molecule has 2 aromatic carbocycles. The van der Waals surface area contributed by atoms with Crippen LogP contribution in [-0.4, -0.2) is 31.3 Å². The van der Waals surface area contributed by atoms with Crippen molar-refractivity contribution in [2.75, 3.05) is 11.9 Å². The Morgan fingerprint density at radius 2 is 1.75 bits per heavy atom. The predicted octanol–water partition coefficient (Wildman–Crippen LogP) is 6.32. The van der Waals surface area contributed by atoms with Gasteiger partial charge in [-0.15, -0.1) is 0 Å². The first-order valence-corrected chi connectivity index (χ1v) is 11.6. The van der Waals surface area contributed by atoms with Crippen LogP contribution >= 0.6 is 11.6 Å². The number of nitrogens with zero attached hydrogens (tertiary/aromatic N) is 5. The van der Waals surface area contributed by atoms with Crippen molar-refractivity contribution in [3.05, 3.63) is 88.8 Å². The fraction of sp³-hybridized carbons (Fsp3) is 0.154. The van der Waals surface area contributed by atoms with Crippen LogP contribution in [0.2, 0.25) is 5.02 Å². The zero-order valence-electron chi connectivity index (χ0n) is 19.5. The lowest BCUT2D eigenvalue weighted by Gasteiger charge is -2.10. The molecule has 0 aliphatic heterocycles. The van der Waals surface area contributed by atoms with Crippen molar-refractivity contribution in [1.82, 2.24) is 24.7 Å². The predicted molar refractivity (Wildman–Crippen MR) is 135 cm³/mol. The number of para-hydroxylation sites is 1. The van der Waals surface area contributed by atoms with Gasteiger partial charge in [-0.1, -0.05) is 29.8 Å². The van der Waals surface area contributed by atoms with E-state index in [1.807, 2.05) is 24.3 Å². The Labute approximate surface area is 210 Å². The number of nitrogens with one attached hydrogen (secondary N) is 1. The van der Waals surface area contributed by atoms with E-state index < -0.39 is 11.6 Å². The minimum atomic E-state index is -0.706. The quantitative estimate of drug-likeness (QED) is 0.278. The van der Waals surface area contributed by atoms with Crippen molar-refractivity contribution in [3.63, 3.8) is 0 Å². The number of hydrogen-bond acceptors (Lipinski definition) is 6. The standard InChI is InChI=1S/C26H21ClF2N6O/c1-3-36-17-12-20(28)19(21(29)13-17)14-35-22-7-5-4-6-18(22)24(34-35)26-31-15(2)23(27)25(33-26)32-16-8-10-30-11-9-16/h4-13H,3,14H2,1-2H3,(H,30,31,32,33). The average molecular weight is 507 g/mol. The van der Waals surface area contributed by atoms with Gasteiger partial charge in [0.05, 0.1) is 24.4 Å². The number of halogens is 3. The molecule has 0 saturated carbocycles. The Balaban J connectivity index is 1.58. The molecule has 0 spiro atoms. The minimum Gasteiger partial charge on any atom is -0.494 e. The van der Waals surface area contributed by atoms with Crippen molar-refractivity contribution < 1.29 is 13.5 Å². The molecule has 0 atom stereocenters. The maximum Gasteiger partial charge on any atom is 0.183 e. The summed E-state index contributed by atoms with van der Waals surface area (Å²) in [7, 11) is 0. The van der Waals surface area contributed by atoms with Gasteiger partial charge in [-0.3, -0.25) is 9.67 Å². The molecule has 0 fully saturated rings. The van der Waals surface area contributed by atoms with E-state index in [1.54, 1.807) is 38.4 Å². The normalized spacial score (nSPS) is 11.1. The van der Waals surface area contributed by atoms with E-state index >= 15 is 0 Å². The summed E-state index contributed by atoms with van der Waals surface area (Å²) < 4.78 is 36.4. The SMILES string of the molecule is CCOc1cc(F)c(Cn2nc(-c3nc(C)c(Cl)c(Nc4ccncc4)n3)c3ccccc32)c(F)c1. The molecular formula is C26H21ClF2N6O. The summed E-state index contributed by atoms with van der Waals surface area (Å²) in [4.78, 5) is 13.2. The monoisotopic (exact) mass is 506 g/mol. The van der Waals surface area contributed by atoms with Crippen LogP contribution in [0.5, 0.6) is 5.75 Å². The molecule has 36 heavy (non-hydrogen) atoms. The van der Waals surface area contributed by atoms with E-state index in [0.717, 1.165) is 11.1 Å². The molecule has 3 heterocycles. The first-order chi connectivity index (χ1) is 17.4. The second-order valence-corrected chi connectivity index (χ2v) is 8.36. The summed E-state index contributed by atoms with van der Waals surface area (Å²) in [6, 6.07) is 13.3. The molecule has 7 nitrogen and oxygen atoms in total. The summed E-state index contributed by atoms with van der Waals surface area (Å²) in [6.07, 6.45) is 3.30. The van der Waals surface area contributed by atoms with Crippen LogP contribution in [-0.2, 0) is 6.54 Å². The number of benzene rings is 2. The van der Waals surface area contributed by atoms with Gasteiger partial charge in [-0.05, 0) is 32.0 Å². The van der Waals surface area contributed by atoms with Crippen LogP contribution in [0.3, 0.4) is 0 Å². The molecule has 1 N–H and O–H groups in total. The van der Waals surface area contributed by atoms with Crippen LogP contribution in [0.4, 0.5) is 20.3 Å². The zero-order valence-corrected chi connectivity index (χ0v) is 20.2. The van der Waals surface area contributed by atoms with E-state index in [0.29, 0.717) is 40.2 Å². The Morgan fingerprint density at radius 1 is 1.03 bits per heavy atom. The van der Waals surface area contributed by atoms with Gasteiger partial charge in [-0.2, -0.15) is 5.10 Å². The highest BCUT2D eigenvalue weighted by atomic mass is 35.5. The van der Waals surface area contributed by atoms with E-state index in [1.165, 1.54) is 16.8 Å². The number of hydrogen-bond donors (Lipinski definition) is 1. The molecule has 5 rings (SSSR count). The fourth-order valence-electron chi connectivity index (χ4n) is 3.86. The number of aryl methyl sites for hydroxylation is 1. The largest absolute Gasteiger partial charge is 0.494 e.